The van der Waals surface area contributed by atoms with E-state index in [0.29, 0.717) is 31.2 Å². The summed E-state index contributed by atoms with van der Waals surface area (Å²) in [5.41, 5.74) is 0. The second kappa shape index (κ2) is 54.0. The molecule has 1 amide bonds. The molecule has 1 rings (SSSR count). The number of esters is 2. The second-order valence-electron chi connectivity index (χ2n) is 20.2. The summed E-state index contributed by atoms with van der Waals surface area (Å²) in [6, 6.07) is 0. The monoisotopic (exact) mass is 962 g/mol. The molecule has 1 N–H and O–H groups in total. The third kappa shape index (κ3) is 51.5. The molecule has 0 aliphatic heterocycles. The first-order chi connectivity index (χ1) is 33.1. The van der Waals surface area contributed by atoms with Crippen LogP contribution >= 0.6 is 0 Å². The number of rotatable bonds is 45. The molecule has 8 heteroatoms. The Morgan fingerprint density at radius 3 is 1.47 bits per heavy atom. The van der Waals surface area contributed by atoms with Crippen molar-refractivity contribution < 1.29 is 33.3 Å². The zero-order valence-corrected chi connectivity index (χ0v) is 46.6. The first-order valence-corrected chi connectivity index (χ1v) is 29.2. The fraction of sp³-hybridized carbons (Fsp3) is 0.883. The fourth-order valence-electron chi connectivity index (χ4n) is 7.57. The highest BCUT2D eigenvalue weighted by molar-refractivity contribution is 5.70. The summed E-state index contributed by atoms with van der Waals surface area (Å²) in [6.07, 6.45) is 48.0. The molecule has 0 bridgehead atoms. The minimum atomic E-state index is -0.504. The molecule has 1 saturated carbocycles. The van der Waals surface area contributed by atoms with E-state index in [-0.39, 0.29) is 44.3 Å². The van der Waals surface area contributed by atoms with Crippen molar-refractivity contribution in [2.45, 2.75) is 287 Å². The summed E-state index contributed by atoms with van der Waals surface area (Å²) in [7, 11) is 0. The lowest BCUT2D eigenvalue weighted by atomic mass is 10.1. The zero-order chi connectivity index (χ0) is 50.6. The Hall–Kier alpha value is -2.35. The normalized spacial score (nSPS) is 13.7. The van der Waals surface area contributed by atoms with Crippen LogP contribution in [0.3, 0.4) is 0 Å². The number of hydrogen-bond donors (Lipinski definition) is 1. The van der Waals surface area contributed by atoms with Crippen molar-refractivity contribution in [3.8, 4) is 0 Å². The molecule has 0 aromatic heterocycles. The van der Waals surface area contributed by atoms with E-state index in [1.54, 1.807) is 0 Å². The van der Waals surface area contributed by atoms with Gasteiger partial charge in [0, 0.05) is 26.0 Å². The van der Waals surface area contributed by atoms with Gasteiger partial charge in [-0.3, -0.25) is 9.59 Å². The molecule has 3 unspecified atom stereocenters. The SMILES string of the molecule is CCC(C)CC.CCCCC/C=C\C/C=C\CCCCCCCC(=O)OCC(COC(=O)CCC(OCCCCCCCC)C1CC1)COC(=O)NCC(C)CCCC.CCCCCCCCC. The van der Waals surface area contributed by atoms with Crippen molar-refractivity contribution >= 4 is 18.0 Å². The number of carbonyl (C=O) groups excluding carboxylic acids is 3. The Bertz CT molecular complexity index is 1130. The van der Waals surface area contributed by atoms with Crippen molar-refractivity contribution in [3.63, 3.8) is 0 Å². The number of allylic oxidation sites excluding steroid dienone is 4. The Balaban J connectivity index is 0. The van der Waals surface area contributed by atoms with Gasteiger partial charge in [-0.2, -0.15) is 0 Å². The molecule has 1 fully saturated rings. The van der Waals surface area contributed by atoms with Gasteiger partial charge in [-0.25, -0.2) is 4.79 Å². The Labute approximate surface area is 422 Å². The van der Waals surface area contributed by atoms with E-state index >= 15 is 0 Å². The first-order valence-electron chi connectivity index (χ1n) is 29.2. The van der Waals surface area contributed by atoms with E-state index < -0.39 is 12.0 Å². The van der Waals surface area contributed by atoms with Crippen molar-refractivity contribution in [3.05, 3.63) is 24.3 Å². The number of hydrogen-bond acceptors (Lipinski definition) is 7. The molecule has 0 aromatic rings. The van der Waals surface area contributed by atoms with Crippen LogP contribution < -0.4 is 5.32 Å². The average molecular weight is 963 g/mol. The first kappa shape index (κ1) is 67.7. The molecule has 0 saturated heterocycles. The van der Waals surface area contributed by atoms with Gasteiger partial charge >= 0.3 is 18.0 Å². The molecule has 3 atom stereocenters. The molecule has 8 nitrogen and oxygen atoms in total. The maximum atomic E-state index is 12.8. The van der Waals surface area contributed by atoms with Crippen LogP contribution in [0.2, 0.25) is 0 Å². The van der Waals surface area contributed by atoms with E-state index in [9.17, 15) is 14.4 Å². The lowest BCUT2D eigenvalue weighted by Crippen LogP contribution is -2.32. The van der Waals surface area contributed by atoms with E-state index in [4.69, 9.17) is 18.9 Å². The van der Waals surface area contributed by atoms with Gasteiger partial charge in [-0.05, 0) is 88.4 Å². The van der Waals surface area contributed by atoms with E-state index in [1.165, 1.54) is 122 Å². The Kier molecular flexibility index (Phi) is 53.8. The van der Waals surface area contributed by atoms with Gasteiger partial charge < -0.3 is 24.3 Å². The van der Waals surface area contributed by atoms with E-state index in [0.717, 1.165) is 89.6 Å². The van der Waals surface area contributed by atoms with Gasteiger partial charge in [0.05, 0.1) is 12.0 Å². The molecule has 68 heavy (non-hydrogen) atoms. The van der Waals surface area contributed by atoms with Gasteiger partial charge in [0.1, 0.15) is 19.8 Å². The predicted octanol–water partition coefficient (Wildman–Crippen LogP) is 18.2. The van der Waals surface area contributed by atoms with Crippen LogP contribution in [0, 0.1) is 23.7 Å². The third-order valence-corrected chi connectivity index (χ3v) is 13.1. The summed E-state index contributed by atoms with van der Waals surface area (Å²) in [5, 5.41) is 2.83. The summed E-state index contributed by atoms with van der Waals surface area (Å²) >= 11 is 0. The number of carbonyl (C=O) groups is 3. The maximum absolute atomic E-state index is 12.8. The molecule has 0 spiro atoms. The minimum absolute atomic E-state index is 0.00545. The smallest absolute Gasteiger partial charge is 0.407 e. The Morgan fingerprint density at radius 2 is 0.956 bits per heavy atom. The van der Waals surface area contributed by atoms with E-state index in [2.05, 4.69) is 91.9 Å². The standard InChI is InChI=1S/C45H81NO7.C9H20.C6H14/c1-5-8-11-13-15-16-17-18-19-20-21-22-23-24-26-29-43(47)51-36-40(38-53-45(49)46-35-39(4)28-10-7-3)37-52-44(48)33-32-42(41-30-31-41)50-34-27-25-14-12-9-6-2;1-3-5-7-9-8-6-4-2;1-4-6(3)5-2/h15-16,18-19,39-42H,5-14,17,20-38H2,1-4H3,(H,46,49);3-9H2,1-2H3;6H,4-5H2,1-3H3/b16-15-,19-18-;;. The van der Waals surface area contributed by atoms with Gasteiger partial charge in [0.25, 0.3) is 0 Å². The highest BCUT2D eigenvalue weighted by Gasteiger charge is 2.32. The molecular weight excluding hydrogens is 847 g/mol. The summed E-state index contributed by atoms with van der Waals surface area (Å²) in [4.78, 5) is 37.8. The lowest BCUT2D eigenvalue weighted by molar-refractivity contribution is -0.150. The molecule has 402 valence electrons. The van der Waals surface area contributed by atoms with Crippen molar-refractivity contribution in [2.75, 3.05) is 33.0 Å². The third-order valence-electron chi connectivity index (χ3n) is 13.1. The van der Waals surface area contributed by atoms with Crippen LogP contribution in [-0.2, 0) is 28.5 Å². The second-order valence-corrected chi connectivity index (χ2v) is 20.2. The molecular formula is C60H115NO7. The minimum Gasteiger partial charge on any atom is -0.465 e. The summed E-state index contributed by atoms with van der Waals surface area (Å²) in [6.45, 7) is 21.4. The van der Waals surface area contributed by atoms with Crippen LogP contribution in [0.1, 0.15) is 281 Å². The van der Waals surface area contributed by atoms with Gasteiger partial charge in [-0.1, -0.05) is 221 Å². The van der Waals surface area contributed by atoms with Crippen LogP contribution in [0.25, 0.3) is 0 Å². The Morgan fingerprint density at radius 1 is 0.500 bits per heavy atom. The fourth-order valence-corrected chi connectivity index (χ4v) is 7.57. The molecule has 0 heterocycles. The van der Waals surface area contributed by atoms with Crippen LogP contribution in [0.15, 0.2) is 24.3 Å². The van der Waals surface area contributed by atoms with Crippen LogP contribution in [-0.4, -0.2) is 57.1 Å². The summed E-state index contributed by atoms with van der Waals surface area (Å²) < 4.78 is 22.9. The lowest BCUT2D eigenvalue weighted by Gasteiger charge is -2.19. The largest absolute Gasteiger partial charge is 0.465 e. The summed E-state index contributed by atoms with van der Waals surface area (Å²) in [5.74, 6) is 0.851. The predicted molar refractivity (Wildman–Crippen MR) is 291 cm³/mol. The molecule has 0 aromatic carbocycles. The number of unbranched alkanes of at least 4 members (excludes halogenated alkanes) is 20. The van der Waals surface area contributed by atoms with Crippen LogP contribution in [0.4, 0.5) is 4.79 Å². The van der Waals surface area contributed by atoms with Gasteiger partial charge in [0.2, 0.25) is 0 Å². The van der Waals surface area contributed by atoms with Crippen LogP contribution in [0.5, 0.6) is 0 Å². The molecule has 1 aliphatic rings. The van der Waals surface area contributed by atoms with E-state index in [1.807, 2.05) is 0 Å². The quantitative estimate of drug-likeness (QED) is 0.0281. The molecule has 1 aliphatic carbocycles. The number of amides is 1. The average Bonchev–Trinajstić information content (AvgIpc) is 4.20. The van der Waals surface area contributed by atoms with Gasteiger partial charge in [0.15, 0.2) is 0 Å². The highest BCUT2D eigenvalue weighted by Crippen LogP contribution is 2.36. The van der Waals surface area contributed by atoms with Crippen molar-refractivity contribution in [1.82, 2.24) is 5.32 Å². The maximum Gasteiger partial charge on any atom is 0.407 e. The molecule has 0 radical (unpaired) electrons. The number of nitrogens with one attached hydrogen (secondary N) is 1. The van der Waals surface area contributed by atoms with Crippen molar-refractivity contribution in [2.24, 2.45) is 23.7 Å². The number of ether oxygens (including phenoxy) is 4. The van der Waals surface area contributed by atoms with Crippen molar-refractivity contribution in [1.29, 1.82) is 0 Å². The zero-order valence-electron chi connectivity index (χ0n) is 46.6. The topological polar surface area (TPSA) is 100 Å². The van der Waals surface area contributed by atoms with Gasteiger partial charge in [-0.15, -0.1) is 0 Å². The number of alkyl carbamates (subject to hydrolysis) is 1. The highest BCUT2D eigenvalue weighted by atomic mass is 16.6.